The van der Waals surface area contributed by atoms with Crippen LogP contribution in [-0.4, -0.2) is 34.6 Å². The van der Waals surface area contributed by atoms with Gasteiger partial charge in [-0.05, 0) is 13.8 Å². The van der Waals surface area contributed by atoms with Crippen LogP contribution in [0.2, 0.25) is 0 Å². The summed E-state index contributed by atoms with van der Waals surface area (Å²) in [7, 11) is 1.42. The summed E-state index contributed by atoms with van der Waals surface area (Å²) in [6.07, 6.45) is -7.28. The summed E-state index contributed by atoms with van der Waals surface area (Å²) in [6.45, 7) is 4.45. The maximum absolute atomic E-state index is 12.3. The molecule has 0 aliphatic heterocycles. The van der Waals surface area contributed by atoms with E-state index in [-0.39, 0.29) is 11.7 Å². The Morgan fingerprint density at radius 1 is 1.33 bits per heavy atom. The van der Waals surface area contributed by atoms with Crippen LogP contribution in [0, 0.1) is 0 Å². The highest BCUT2D eigenvalue weighted by Crippen LogP contribution is 2.31. The average molecular weight is 268 g/mol. The highest BCUT2D eigenvalue weighted by molar-refractivity contribution is 5.02. The van der Waals surface area contributed by atoms with Gasteiger partial charge in [-0.2, -0.15) is 18.2 Å². The van der Waals surface area contributed by atoms with Crippen molar-refractivity contribution >= 4 is 0 Å². The van der Waals surface area contributed by atoms with Gasteiger partial charge in [0.15, 0.2) is 6.10 Å². The quantitative estimate of drug-likeness (QED) is 0.904. The molecule has 1 aromatic heterocycles. The lowest BCUT2D eigenvalue weighted by Crippen LogP contribution is -2.33. The lowest BCUT2D eigenvalue weighted by molar-refractivity contribution is -0.210. The summed E-state index contributed by atoms with van der Waals surface area (Å²) in [6, 6.07) is 0. The van der Waals surface area contributed by atoms with E-state index in [1.54, 1.807) is 13.8 Å². The standard InChI is InChI=1S/C10H15F3N2O3/c1-5(6(16)10(11,12)13)7-14-8(15-18-7)9(2,3)17-4/h5-6,16H,1-4H3. The van der Waals surface area contributed by atoms with Crippen molar-refractivity contribution in [3.05, 3.63) is 11.7 Å². The van der Waals surface area contributed by atoms with Crippen molar-refractivity contribution in [1.82, 2.24) is 10.1 Å². The summed E-state index contributed by atoms with van der Waals surface area (Å²) >= 11 is 0. The summed E-state index contributed by atoms with van der Waals surface area (Å²) in [4.78, 5) is 3.82. The molecule has 0 radical (unpaired) electrons. The first kappa shape index (κ1) is 14.9. The van der Waals surface area contributed by atoms with E-state index in [1.807, 2.05) is 0 Å². The summed E-state index contributed by atoms with van der Waals surface area (Å²) in [5, 5.41) is 12.6. The molecule has 0 saturated carbocycles. The number of methoxy groups -OCH3 is 1. The van der Waals surface area contributed by atoms with Crippen LogP contribution in [0.5, 0.6) is 0 Å². The van der Waals surface area contributed by atoms with E-state index in [9.17, 15) is 13.2 Å². The number of aliphatic hydroxyl groups is 1. The third kappa shape index (κ3) is 2.99. The fourth-order valence-electron chi connectivity index (χ4n) is 1.17. The van der Waals surface area contributed by atoms with E-state index in [0.717, 1.165) is 6.92 Å². The number of hydrogen-bond acceptors (Lipinski definition) is 5. The Morgan fingerprint density at radius 2 is 1.89 bits per heavy atom. The molecular formula is C10H15F3N2O3. The second kappa shape index (κ2) is 4.85. The molecule has 0 bridgehead atoms. The molecule has 0 fully saturated rings. The lowest BCUT2D eigenvalue weighted by Gasteiger charge is -2.19. The number of ether oxygens (including phenoxy) is 1. The van der Waals surface area contributed by atoms with Crippen LogP contribution in [0.1, 0.15) is 38.4 Å². The van der Waals surface area contributed by atoms with Gasteiger partial charge < -0.3 is 14.4 Å². The van der Waals surface area contributed by atoms with Gasteiger partial charge in [-0.1, -0.05) is 12.1 Å². The maximum atomic E-state index is 12.3. The zero-order valence-corrected chi connectivity index (χ0v) is 10.4. The smallest absolute Gasteiger partial charge is 0.383 e. The molecule has 0 aliphatic rings. The van der Waals surface area contributed by atoms with Crippen molar-refractivity contribution in [1.29, 1.82) is 0 Å². The van der Waals surface area contributed by atoms with Crippen molar-refractivity contribution in [2.45, 2.75) is 44.6 Å². The van der Waals surface area contributed by atoms with Crippen LogP contribution in [0.4, 0.5) is 13.2 Å². The van der Waals surface area contributed by atoms with Gasteiger partial charge in [0.2, 0.25) is 11.7 Å². The number of halogens is 3. The summed E-state index contributed by atoms with van der Waals surface area (Å²) in [5.74, 6) is -1.49. The van der Waals surface area contributed by atoms with E-state index in [2.05, 4.69) is 10.1 Å². The molecule has 0 saturated heterocycles. The molecule has 1 aromatic rings. The zero-order valence-electron chi connectivity index (χ0n) is 10.4. The molecule has 8 heteroatoms. The Morgan fingerprint density at radius 3 is 2.33 bits per heavy atom. The molecule has 2 unspecified atom stereocenters. The van der Waals surface area contributed by atoms with Gasteiger partial charge in [-0.3, -0.25) is 0 Å². The van der Waals surface area contributed by atoms with Crippen LogP contribution in [0.25, 0.3) is 0 Å². The molecule has 1 rings (SSSR count). The topological polar surface area (TPSA) is 68.4 Å². The molecule has 0 amide bonds. The largest absolute Gasteiger partial charge is 0.415 e. The molecule has 1 N–H and O–H groups in total. The predicted molar refractivity (Wildman–Crippen MR) is 54.8 cm³/mol. The van der Waals surface area contributed by atoms with Gasteiger partial charge in [-0.15, -0.1) is 0 Å². The fraction of sp³-hybridized carbons (Fsp3) is 0.800. The molecule has 0 spiro atoms. The van der Waals surface area contributed by atoms with Gasteiger partial charge in [0, 0.05) is 7.11 Å². The van der Waals surface area contributed by atoms with Crippen molar-refractivity contribution in [2.75, 3.05) is 7.11 Å². The Labute approximate surface area is 102 Å². The molecule has 0 aliphatic carbocycles. The molecule has 104 valence electrons. The van der Waals surface area contributed by atoms with Gasteiger partial charge in [0.05, 0.1) is 5.92 Å². The Kier molecular flexibility index (Phi) is 4.02. The zero-order chi connectivity index (χ0) is 14.1. The first-order valence-corrected chi connectivity index (χ1v) is 5.23. The monoisotopic (exact) mass is 268 g/mol. The van der Waals surface area contributed by atoms with Gasteiger partial charge in [-0.25, -0.2) is 0 Å². The maximum Gasteiger partial charge on any atom is 0.415 e. The van der Waals surface area contributed by atoms with E-state index in [0.29, 0.717) is 0 Å². The van der Waals surface area contributed by atoms with E-state index in [1.165, 1.54) is 7.11 Å². The van der Waals surface area contributed by atoms with Gasteiger partial charge in [0.25, 0.3) is 0 Å². The van der Waals surface area contributed by atoms with Crippen molar-refractivity contribution in [3.63, 3.8) is 0 Å². The van der Waals surface area contributed by atoms with Crippen molar-refractivity contribution in [3.8, 4) is 0 Å². The third-order valence-corrected chi connectivity index (χ3v) is 2.69. The second-order valence-electron chi connectivity index (χ2n) is 4.45. The minimum absolute atomic E-state index is 0.126. The van der Waals surface area contributed by atoms with E-state index in [4.69, 9.17) is 14.4 Å². The third-order valence-electron chi connectivity index (χ3n) is 2.69. The highest BCUT2D eigenvalue weighted by atomic mass is 19.4. The second-order valence-corrected chi connectivity index (χ2v) is 4.45. The number of alkyl halides is 3. The van der Waals surface area contributed by atoms with Crippen LogP contribution >= 0.6 is 0 Å². The minimum atomic E-state index is -4.73. The predicted octanol–water partition coefficient (Wildman–Crippen LogP) is 1.98. The van der Waals surface area contributed by atoms with Crippen molar-refractivity contribution < 1.29 is 27.5 Å². The lowest BCUT2D eigenvalue weighted by atomic mass is 10.0. The number of aromatic nitrogens is 2. The number of rotatable bonds is 4. The molecule has 2 atom stereocenters. The number of aliphatic hydroxyl groups excluding tert-OH is 1. The number of hydrogen-bond donors (Lipinski definition) is 1. The molecule has 5 nitrogen and oxygen atoms in total. The van der Waals surface area contributed by atoms with Crippen LogP contribution < -0.4 is 0 Å². The van der Waals surface area contributed by atoms with E-state index < -0.39 is 23.8 Å². The average Bonchev–Trinajstić information content (AvgIpc) is 2.75. The first-order valence-electron chi connectivity index (χ1n) is 5.23. The Hall–Kier alpha value is -1.15. The molecule has 0 aromatic carbocycles. The fourth-order valence-corrected chi connectivity index (χ4v) is 1.17. The minimum Gasteiger partial charge on any atom is -0.383 e. The molecule has 1 heterocycles. The summed E-state index contributed by atoms with van der Waals surface area (Å²) < 4.78 is 46.8. The Balaban J connectivity index is 2.93. The van der Waals surface area contributed by atoms with Crippen LogP contribution in [0.15, 0.2) is 4.52 Å². The molecular weight excluding hydrogens is 253 g/mol. The Bertz CT molecular complexity index is 403. The van der Waals surface area contributed by atoms with Crippen molar-refractivity contribution in [2.24, 2.45) is 0 Å². The van der Waals surface area contributed by atoms with Gasteiger partial charge >= 0.3 is 6.18 Å². The summed E-state index contributed by atoms with van der Waals surface area (Å²) in [5.41, 5.74) is -0.870. The van der Waals surface area contributed by atoms with E-state index >= 15 is 0 Å². The number of nitrogens with zero attached hydrogens (tertiary/aromatic N) is 2. The van der Waals surface area contributed by atoms with Crippen LogP contribution in [0.3, 0.4) is 0 Å². The SMILES string of the molecule is COC(C)(C)c1noc(C(C)C(O)C(F)(F)F)n1. The highest BCUT2D eigenvalue weighted by Gasteiger charge is 2.44. The van der Waals surface area contributed by atoms with Crippen LogP contribution in [-0.2, 0) is 10.3 Å². The first-order chi connectivity index (χ1) is 8.09. The van der Waals surface area contributed by atoms with Gasteiger partial charge in [0.1, 0.15) is 5.60 Å². The normalized spacial score (nSPS) is 16.7. The molecule has 18 heavy (non-hydrogen) atoms.